The molecule has 0 unspecified atom stereocenters. The molecule has 56 heavy (non-hydrogen) atoms. The average Bonchev–Trinajstić information content (AvgIpc) is 3.21. The van der Waals surface area contributed by atoms with Gasteiger partial charge in [0.25, 0.3) is 11.8 Å². The van der Waals surface area contributed by atoms with Crippen LogP contribution in [0.1, 0.15) is 57.7 Å². The molecule has 0 saturated heterocycles. The van der Waals surface area contributed by atoms with Crippen LogP contribution in [0.15, 0.2) is 91.0 Å². The number of hydrogen-bond acceptors (Lipinski definition) is 8. The fourth-order valence-corrected chi connectivity index (χ4v) is 5.92. The summed E-state index contributed by atoms with van der Waals surface area (Å²) in [5.41, 5.74) is 9.69. The van der Waals surface area contributed by atoms with Crippen molar-refractivity contribution < 1.29 is 41.7 Å². The molecule has 302 valence electrons. The maximum atomic E-state index is 13.6. The third-order valence-electron chi connectivity index (χ3n) is 8.84. The van der Waals surface area contributed by atoms with E-state index >= 15 is 0 Å². The maximum absolute atomic E-state index is 13.6. The Hall–Kier alpha value is -4.79. The Morgan fingerprint density at radius 3 is 1.95 bits per heavy atom. The SMILES string of the molecule is CCN(CC)c1ccc(NC(=O)c2cccc(CCCOCCOCCOCCOCCN)c2)c(-c2cccc(C(=O)NCc3cccc(C(F)(F)F)c3)c2)c1. The molecule has 10 nitrogen and oxygen atoms in total. The summed E-state index contributed by atoms with van der Waals surface area (Å²) in [5, 5.41) is 5.81. The molecule has 0 atom stereocenters. The molecule has 0 radical (unpaired) electrons. The van der Waals surface area contributed by atoms with Gasteiger partial charge in [-0.05, 0) is 98.0 Å². The van der Waals surface area contributed by atoms with Crippen LogP contribution in [0.3, 0.4) is 0 Å². The number of amides is 2. The number of aryl methyl sites for hydroxylation is 1. The highest BCUT2D eigenvalue weighted by Gasteiger charge is 2.30. The molecule has 0 fully saturated rings. The average molecular weight is 779 g/mol. The van der Waals surface area contributed by atoms with Gasteiger partial charge in [0.2, 0.25) is 0 Å². The van der Waals surface area contributed by atoms with Gasteiger partial charge in [0.05, 0.1) is 51.8 Å². The number of anilines is 2. The molecule has 13 heteroatoms. The maximum Gasteiger partial charge on any atom is 0.416 e. The molecule has 0 aliphatic rings. The van der Waals surface area contributed by atoms with Crippen LogP contribution in [-0.2, 0) is 38.1 Å². The Bertz CT molecular complexity index is 1820. The third kappa shape index (κ3) is 14.4. The Morgan fingerprint density at radius 1 is 0.679 bits per heavy atom. The van der Waals surface area contributed by atoms with E-state index in [1.54, 1.807) is 24.3 Å². The number of rotatable bonds is 24. The number of carbonyl (C=O) groups is 2. The van der Waals surface area contributed by atoms with Gasteiger partial charge >= 0.3 is 6.18 Å². The van der Waals surface area contributed by atoms with Crippen LogP contribution in [0.5, 0.6) is 0 Å². The van der Waals surface area contributed by atoms with E-state index in [-0.39, 0.29) is 12.5 Å². The van der Waals surface area contributed by atoms with Crippen molar-refractivity contribution in [2.24, 2.45) is 5.73 Å². The lowest BCUT2D eigenvalue weighted by Crippen LogP contribution is -2.23. The molecule has 0 bridgehead atoms. The van der Waals surface area contributed by atoms with Gasteiger partial charge in [-0.2, -0.15) is 13.2 Å². The summed E-state index contributed by atoms with van der Waals surface area (Å²) in [7, 11) is 0. The molecule has 4 rings (SSSR count). The summed E-state index contributed by atoms with van der Waals surface area (Å²) in [6.45, 7) is 10.1. The molecular formula is C43H53F3N4O6. The van der Waals surface area contributed by atoms with Crippen molar-refractivity contribution in [2.75, 3.05) is 82.7 Å². The van der Waals surface area contributed by atoms with Gasteiger partial charge in [-0.15, -0.1) is 0 Å². The van der Waals surface area contributed by atoms with Gasteiger partial charge in [-0.3, -0.25) is 9.59 Å². The summed E-state index contributed by atoms with van der Waals surface area (Å²) in [5.74, 6) is -0.716. The highest BCUT2D eigenvalue weighted by molar-refractivity contribution is 6.07. The lowest BCUT2D eigenvalue weighted by atomic mass is 9.99. The molecule has 0 spiro atoms. The lowest BCUT2D eigenvalue weighted by molar-refractivity contribution is -0.137. The van der Waals surface area contributed by atoms with Gasteiger partial charge in [-0.25, -0.2) is 0 Å². The Kier molecular flexibility index (Phi) is 18.3. The summed E-state index contributed by atoms with van der Waals surface area (Å²) in [6.07, 6.45) is -2.97. The lowest BCUT2D eigenvalue weighted by Gasteiger charge is -2.23. The molecule has 0 aliphatic heterocycles. The van der Waals surface area contributed by atoms with E-state index < -0.39 is 17.6 Å². The Balaban J connectivity index is 1.35. The first-order valence-electron chi connectivity index (χ1n) is 19.0. The van der Waals surface area contributed by atoms with E-state index in [4.69, 9.17) is 24.7 Å². The van der Waals surface area contributed by atoms with Crippen LogP contribution in [0.4, 0.5) is 24.5 Å². The van der Waals surface area contributed by atoms with Crippen molar-refractivity contribution in [3.8, 4) is 11.1 Å². The molecule has 0 saturated carbocycles. The van der Waals surface area contributed by atoms with Gasteiger partial charge < -0.3 is 40.2 Å². The number of ether oxygens (including phenoxy) is 4. The Morgan fingerprint density at radius 2 is 1.29 bits per heavy atom. The van der Waals surface area contributed by atoms with Crippen LogP contribution >= 0.6 is 0 Å². The van der Waals surface area contributed by atoms with Crippen molar-refractivity contribution in [3.63, 3.8) is 0 Å². The fraction of sp³-hybridized carbons (Fsp3) is 0.395. The van der Waals surface area contributed by atoms with Crippen LogP contribution in [-0.4, -0.2) is 84.3 Å². The number of nitrogens with zero attached hydrogens (tertiary/aromatic N) is 1. The second-order valence-electron chi connectivity index (χ2n) is 12.9. The zero-order valence-electron chi connectivity index (χ0n) is 32.2. The standard InChI is InChI=1S/C43H53F3N4O6/c1-3-50(4-2)38-16-17-40(39(30-38)34-12-7-14-36(29-34)41(51)48-31-33-10-6-15-37(28-33)43(44,45)46)49-42(52)35-13-5-9-32(27-35)11-8-19-53-21-23-55-25-26-56-24-22-54-20-18-47/h5-7,9-10,12-17,27-30H,3-4,8,11,18-26,31,47H2,1-2H3,(H,48,51)(H,49,52). The van der Waals surface area contributed by atoms with E-state index in [1.807, 2.05) is 42.5 Å². The number of halogens is 3. The zero-order chi connectivity index (χ0) is 40.2. The number of carbonyl (C=O) groups excluding carboxylic acids is 2. The van der Waals surface area contributed by atoms with Gasteiger partial charge in [0, 0.05) is 60.9 Å². The minimum Gasteiger partial charge on any atom is -0.379 e. The number of nitrogens with two attached hydrogens (primary N) is 1. The summed E-state index contributed by atoms with van der Waals surface area (Å²) < 4.78 is 61.5. The van der Waals surface area contributed by atoms with Crippen LogP contribution < -0.4 is 21.3 Å². The normalized spacial score (nSPS) is 11.4. The third-order valence-corrected chi connectivity index (χ3v) is 8.84. The molecule has 0 heterocycles. The van der Waals surface area contributed by atoms with Crippen molar-refractivity contribution in [1.82, 2.24) is 5.32 Å². The van der Waals surface area contributed by atoms with E-state index in [0.29, 0.717) is 92.9 Å². The van der Waals surface area contributed by atoms with Crippen LogP contribution in [0, 0.1) is 0 Å². The predicted octanol–water partition coefficient (Wildman–Crippen LogP) is 7.36. The summed E-state index contributed by atoms with van der Waals surface area (Å²) in [6, 6.07) is 25.1. The first-order valence-corrected chi connectivity index (χ1v) is 19.0. The predicted molar refractivity (Wildman–Crippen MR) is 213 cm³/mol. The van der Waals surface area contributed by atoms with E-state index in [1.165, 1.54) is 12.1 Å². The van der Waals surface area contributed by atoms with Crippen molar-refractivity contribution in [3.05, 3.63) is 119 Å². The van der Waals surface area contributed by atoms with Crippen molar-refractivity contribution in [2.45, 2.75) is 39.4 Å². The van der Waals surface area contributed by atoms with Crippen molar-refractivity contribution >= 4 is 23.2 Å². The van der Waals surface area contributed by atoms with Crippen molar-refractivity contribution in [1.29, 1.82) is 0 Å². The Labute approximate surface area is 327 Å². The van der Waals surface area contributed by atoms with Gasteiger partial charge in [-0.1, -0.05) is 36.4 Å². The topological polar surface area (TPSA) is 124 Å². The molecule has 4 aromatic rings. The minimum absolute atomic E-state index is 0.0724. The molecule has 4 aromatic carbocycles. The van der Waals surface area contributed by atoms with E-state index in [0.717, 1.165) is 49.3 Å². The fourth-order valence-electron chi connectivity index (χ4n) is 5.92. The molecule has 0 aromatic heterocycles. The van der Waals surface area contributed by atoms with Gasteiger partial charge in [0.1, 0.15) is 0 Å². The van der Waals surface area contributed by atoms with E-state index in [2.05, 4.69) is 29.4 Å². The molecule has 2 amide bonds. The first-order chi connectivity index (χ1) is 27.1. The second-order valence-corrected chi connectivity index (χ2v) is 12.9. The molecular weight excluding hydrogens is 725 g/mol. The smallest absolute Gasteiger partial charge is 0.379 e. The number of benzene rings is 4. The number of nitrogens with one attached hydrogen (secondary N) is 2. The quantitative estimate of drug-likeness (QED) is 0.0631. The highest BCUT2D eigenvalue weighted by Crippen LogP contribution is 2.34. The van der Waals surface area contributed by atoms with Crippen LogP contribution in [0.25, 0.3) is 11.1 Å². The number of alkyl halides is 3. The molecule has 0 aliphatic carbocycles. The monoisotopic (exact) mass is 778 g/mol. The number of hydrogen-bond donors (Lipinski definition) is 3. The largest absolute Gasteiger partial charge is 0.416 e. The zero-order valence-corrected chi connectivity index (χ0v) is 32.2. The summed E-state index contributed by atoms with van der Waals surface area (Å²) in [4.78, 5) is 29.0. The van der Waals surface area contributed by atoms with E-state index in [9.17, 15) is 22.8 Å². The highest BCUT2D eigenvalue weighted by atomic mass is 19.4. The summed E-state index contributed by atoms with van der Waals surface area (Å²) >= 11 is 0. The van der Waals surface area contributed by atoms with Crippen LogP contribution in [0.2, 0.25) is 0 Å². The second kappa shape index (κ2) is 23.3. The first kappa shape index (κ1) is 43.9. The minimum atomic E-state index is -4.48. The van der Waals surface area contributed by atoms with Gasteiger partial charge in [0.15, 0.2) is 0 Å². The molecule has 4 N–H and O–H groups in total.